The maximum absolute atomic E-state index is 14.5. The molecule has 11 heteroatoms. The molecule has 3 heterocycles. The third kappa shape index (κ3) is 4.56. The molecule has 4 aromatic rings. The summed E-state index contributed by atoms with van der Waals surface area (Å²) >= 11 is 1.21. The number of para-hydroxylation sites is 1. The highest BCUT2D eigenvalue weighted by atomic mass is 32.2. The van der Waals surface area contributed by atoms with Gasteiger partial charge in [-0.05, 0) is 50.2 Å². The van der Waals surface area contributed by atoms with Crippen LogP contribution in [-0.4, -0.2) is 54.5 Å². The lowest BCUT2D eigenvalue weighted by molar-refractivity contribution is -0.136. The number of halogens is 1. The SMILES string of the molecule is C[C@H]1CN(c2ccc(S(=O)(=O)Nc3nccs3)cc2)CCN1C(=O)[C@H](C)n1ccc2cccc(F)c21.[HH].[HH]. The third-order valence-electron chi connectivity index (χ3n) is 6.54. The molecule has 1 aliphatic heterocycles. The number of anilines is 2. The Hall–Kier alpha value is -3.44. The number of sulfonamides is 1. The van der Waals surface area contributed by atoms with Crippen molar-refractivity contribution in [1.82, 2.24) is 14.5 Å². The van der Waals surface area contributed by atoms with Crippen LogP contribution < -0.4 is 9.62 Å². The van der Waals surface area contributed by atoms with Gasteiger partial charge < -0.3 is 14.4 Å². The van der Waals surface area contributed by atoms with E-state index < -0.39 is 16.1 Å². The van der Waals surface area contributed by atoms with Crippen LogP contribution in [0.2, 0.25) is 0 Å². The highest BCUT2D eigenvalue weighted by Gasteiger charge is 2.31. The first kappa shape index (κ1) is 24.3. The molecule has 8 nitrogen and oxygen atoms in total. The predicted molar refractivity (Wildman–Crippen MR) is 144 cm³/mol. The van der Waals surface area contributed by atoms with Crippen LogP contribution in [0.15, 0.2) is 71.2 Å². The fourth-order valence-electron chi connectivity index (χ4n) is 4.66. The van der Waals surface area contributed by atoms with E-state index in [-0.39, 0.29) is 25.5 Å². The van der Waals surface area contributed by atoms with E-state index in [9.17, 15) is 17.6 Å². The molecule has 2 aromatic heterocycles. The number of carbonyl (C=O) groups excluding carboxylic acids is 1. The maximum atomic E-state index is 14.5. The molecule has 192 valence electrons. The van der Waals surface area contributed by atoms with Gasteiger partial charge >= 0.3 is 0 Å². The molecule has 1 aliphatic rings. The lowest BCUT2D eigenvalue weighted by Gasteiger charge is -2.42. The Morgan fingerprint density at radius 2 is 1.97 bits per heavy atom. The number of aromatic nitrogens is 2. The van der Waals surface area contributed by atoms with Crippen LogP contribution in [0.1, 0.15) is 22.7 Å². The third-order valence-corrected chi connectivity index (χ3v) is 8.71. The van der Waals surface area contributed by atoms with E-state index >= 15 is 0 Å². The summed E-state index contributed by atoms with van der Waals surface area (Å²) in [5.74, 6) is -0.403. The number of hydrogen-bond acceptors (Lipinski definition) is 6. The first-order valence-electron chi connectivity index (χ1n) is 11.6. The number of rotatable bonds is 6. The van der Waals surface area contributed by atoms with Crippen LogP contribution in [-0.2, 0) is 14.8 Å². The van der Waals surface area contributed by atoms with E-state index in [2.05, 4.69) is 14.6 Å². The fraction of sp³-hybridized carbons (Fsp3) is 0.280. The number of thiazole rings is 1. The van der Waals surface area contributed by atoms with Gasteiger partial charge in [0.15, 0.2) is 5.13 Å². The van der Waals surface area contributed by atoms with Crippen LogP contribution in [0, 0.1) is 5.82 Å². The lowest BCUT2D eigenvalue weighted by Crippen LogP contribution is -2.55. The summed E-state index contributed by atoms with van der Waals surface area (Å²) in [5.41, 5.74) is 1.32. The summed E-state index contributed by atoms with van der Waals surface area (Å²) < 4.78 is 43.8. The van der Waals surface area contributed by atoms with Gasteiger partial charge in [-0.3, -0.25) is 9.52 Å². The van der Waals surface area contributed by atoms with Crippen LogP contribution in [0.4, 0.5) is 15.2 Å². The molecular formula is C25H30FN5O3S2. The Kier molecular flexibility index (Phi) is 6.44. The molecule has 1 N–H and O–H groups in total. The zero-order valence-electron chi connectivity index (χ0n) is 19.8. The summed E-state index contributed by atoms with van der Waals surface area (Å²) in [6, 6.07) is 12.8. The standard InChI is InChI=1S/C25H26FN5O3S2.2H2/c1-17-16-29(20-6-8-21(9-7-20)36(33,34)28-25-27-11-15-35-25)13-14-30(17)24(32)18(2)31-12-10-19-4-3-5-22(26)23(19)31;;/h3-12,15,17-18H,13-14,16H2,1-2H3,(H,27,28);2*1H/t17-,18-;;/m0../s1. The first-order chi connectivity index (χ1) is 17.2. The van der Waals surface area contributed by atoms with E-state index in [0.717, 1.165) is 11.1 Å². The number of amides is 1. The van der Waals surface area contributed by atoms with Crippen molar-refractivity contribution in [3.63, 3.8) is 0 Å². The molecule has 0 spiro atoms. The largest absolute Gasteiger partial charge is 0.368 e. The number of nitrogens with one attached hydrogen (secondary N) is 1. The molecule has 2 aromatic carbocycles. The van der Waals surface area contributed by atoms with E-state index in [4.69, 9.17) is 0 Å². The van der Waals surface area contributed by atoms with Crippen molar-refractivity contribution in [1.29, 1.82) is 0 Å². The number of benzene rings is 2. The van der Waals surface area contributed by atoms with Gasteiger partial charge in [0.25, 0.3) is 10.0 Å². The van der Waals surface area contributed by atoms with Crippen molar-refractivity contribution in [2.75, 3.05) is 29.3 Å². The van der Waals surface area contributed by atoms with Crippen molar-refractivity contribution >= 4 is 49.0 Å². The van der Waals surface area contributed by atoms with Crippen LogP contribution in [0.5, 0.6) is 0 Å². The number of piperazine rings is 1. The van der Waals surface area contributed by atoms with Gasteiger partial charge in [-0.2, -0.15) is 0 Å². The normalized spacial score (nSPS) is 17.4. The van der Waals surface area contributed by atoms with E-state index in [0.29, 0.717) is 30.3 Å². The molecule has 36 heavy (non-hydrogen) atoms. The van der Waals surface area contributed by atoms with Gasteiger partial charge in [-0.25, -0.2) is 17.8 Å². The molecule has 0 aliphatic carbocycles. The van der Waals surface area contributed by atoms with Crippen LogP contribution in [0.3, 0.4) is 0 Å². The monoisotopic (exact) mass is 531 g/mol. The smallest absolute Gasteiger partial charge is 0.263 e. The van der Waals surface area contributed by atoms with Gasteiger partial charge in [0.1, 0.15) is 11.9 Å². The average Bonchev–Trinajstić information content (AvgIpc) is 3.53. The Morgan fingerprint density at radius 3 is 2.67 bits per heavy atom. The van der Waals surface area contributed by atoms with Gasteiger partial charge in [-0.1, -0.05) is 12.1 Å². The van der Waals surface area contributed by atoms with Crippen molar-refractivity contribution in [2.45, 2.75) is 30.8 Å². The summed E-state index contributed by atoms with van der Waals surface area (Å²) in [4.78, 5) is 21.5. The van der Waals surface area contributed by atoms with Gasteiger partial charge in [0, 0.05) is 57.4 Å². The van der Waals surface area contributed by atoms with E-state index in [1.165, 1.54) is 23.6 Å². The van der Waals surface area contributed by atoms with Gasteiger partial charge in [0.2, 0.25) is 5.91 Å². The van der Waals surface area contributed by atoms with Crippen LogP contribution in [0.25, 0.3) is 10.9 Å². The zero-order valence-corrected chi connectivity index (χ0v) is 21.5. The molecular weight excluding hydrogens is 501 g/mol. The minimum Gasteiger partial charge on any atom is -0.368 e. The number of fused-ring (bicyclic) bond motifs is 1. The fourth-order valence-corrected chi connectivity index (χ4v) is 6.45. The van der Waals surface area contributed by atoms with Crippen LogP contribution >= 0.6 is 11.3 Å². The molecule has 0 bridgehead atoms. The minimum atomic E-state index is -3.71. The second-order valence-corrected chi connectivity index (χ2v) is 11.4. The van der Waals surface area contributed by atoms with E-state index in [1.807, 2.05) is 24.0 Å². The van der Waals surface area contributed by atoms with Gasteiger partial charge in [-0.15, -0.1) is 11.3 Å². The van der Waals surface area contributed by atoms with Gasteiger partial charge in [0.05, 0.1) is 10.4 Å². The molecule has 0 unspecified atom stereocenters. The number of carbonyl (C=O) groups is 1. The Morgan fingerprint density at radius 1 is 1.19 bits per heavy atom. The molecule has 1 amide bonds. The highest BCUT2D eigenvalue weighted by molar-refractivity contribution is 7.93. The van der Waals surface area contributed by atoms with Crippen molar-refractivity contribution in [3.05, 3.63) is 72.1 Å². The zero-order chi connectivity index (χ0) is 25.4. The Bertz CT molecular complexity index is 1500. The molecule has 0 saturated carbocycles. The highest BCUT2D eigenvalue weighted by Crippen LogP contribution is 2.27. The second-order valence-electron chi connectivity index (χ2n) is 8.84. The second kappa shape index (κ2) is 9.55. The van der Waals surface area contributed by atoms with Crippen molar-refractivity contribution in [3.8, 4) is 0 Å². The quantitative estimate of drug-likeness (QED) is 0.385. The predicted octanol–water partition coefficient (Wildman–Crippen LogP) is 4.83. The first-order valence-corrected chi connectivity index (χ1v) is 13.9. The molecule has 1 saturated heterocycles. The summed E-state index contributed by atoms with van der Waals surface area (Å²) in [6.07, 6.45) is 3.30. The minimum absolute atomic E-state index is 0. The topological polar surface area (TPSA) is 87.5 Å². The Labute approximate surface area is 216 Å². The summed E-state index contributed by atoms with van der Waals surface area (Å²) in [7, 11) is -3.71. The molecule has 0 radical (unpaired) electrons. The molecule has 1 fully saturated rings. The van der Waals surface area contributed by atoms with Crippen molar-refractivity contribution in [2.24, 2.45) is 0 Å². The Balaban J connectivity index is 0.00000200. The average molecular weight is 532 g/mol. The number of nitrogens with zero attached hydrogens (tertiary/aromatic N) is 4. The molecule has 2 atom stereocenters. The summed E-state index contributed by atoms with van der Waals surface area (Å²) in [6.45, 7) is 5.50. The maximum Gasteiger partial charge on any atom is 0.263 e. The lowest BCUT2D eigenvalue weighted by atomic mass is 10.1. The van der Waals surface area contributed by atoms with Crippen molar-refractivity contribution < 1.29 is 20.5 Å². The molecule has 5 rings (SSSR count). The van der Waals surface area contributed by atoms with E-state index in [1.54, 1.807) is 53.4 Å². The number of hydrogen-bond donors (Lipinski definition) is 1. The summed E-state index contributed by atoms with van der Waals surface area (Å²) in [5, 5.41) is 2.78.